The third kappa shape index (κ3) is 4.38. The third-order valence-electron chi connectivity index (χ3n) is 4.15. The summed E-state index contributed by atoms with van der Waals surface area (Å²) in [5.41, 5.74) is 0.960. The molecule has 1 amide bonds. The minimum absolute atomic E-state index is 0.146. The van der Waals surface area contributed by atoms with Gasteiger partial charge in [0.1, 0.15) is 5.75 Å². The number of nitrogens with one attached hydrogen (secondary N) is 1. The minimum atomic E-state index is -0.292. The van der Waals surface area contributed by atoms with E-state index in [1.54, 1.807) is 25.3 Å². The van der Waals surface area contributed by atoms with Gasteiger partial charge in [0, 0.05) is 30.1 Å². The highest BCUT2D eigenvalue weighted by molar-refractivity contribution is 5.91. The van der Waals surface area contributed by atoms with Crippen LogP contribution >= 0.6 is 0 Å². The average Bonchev–Trinajstić information content (AvgIpc) is 3.20. The first kappa shape index (κ1) is 18.7. The number of nitrogens with zero attached hydrogens (tertiary/aromatic N) is 1. The van der Waals surface area contributed by atoms with Crippen molar-refractivity contribution in [1.29, 1.82) is 0 Å². The molecule has 0 aliphatic rings. The highest BCUT2D eigenvalue weighted by atomic mass is 16.5. The predicted octanol–water partition coefficient (Wildman–Crippen LogP) is 2.81. The number of pyridine rings is 1. The van der Waals surface area contributed by atoms with E-state index in [1.165, 1.54) is 11.2 Å². The number of hydrogen-bond donors (Lipinski definition) is 1. The second-order valence-corrected chi connectivity index (χ2v) is 6.00. The molecule has 7 heteroatoms. The van der Waals surface area contributed by atoms with Gasteiger partial charge in [0.05, 0.1) is 26.0 Å². The Kier molecular flexibility index (Phi) is 5.93. The molecule has 0 aliphatic heterocycles. The van der Waals surface area contributed by atoms with Crippen LogP contribution in [0.2, 0.25) is 0 Å². The van der Waals surface area contributed by atoms with Gasteiger partial charge in [-0.05, 0) is 43.3 Å². The van der Waals surface area contributed by atoms with Gasteiger partial charge in [0.25, 0.3) is 11.5 Å². The topological polar surface area (TPSA) is 84.8 Å². The molecule has 27 heavy (non-hydrogen) atoms. The number of hydrogen-bond acceptors (Lipinski definition) is 5. The highest BCUT2D eigenvalue weighted by Crippen LogP contribution is 2.20. The summed E-state index contributed by atoms with van der Waals surface area (Å²) in [6.45, 7) is 3.31. The zero-order chi connectivity index (χ0) is 19.2. The first-order valence-electron chi connectivity index (χ1n) is 8.73. The molecular formula is C20H22N2O5. The number of carbonyl (C=O) groups excluding carboxylic acids is 1. The van der Waals surface area contributed by atoms with Crippen molar-refractivity contribution < 1.29 is 18.7 Å². The van der Waals surface area contributed by atoms with Crippen molar-refractivity contribution in [1.82, 2.24) is 9.88 Å². The predicted molar refractivity (Wildman–Crippen MR) is 101 cm³/mol. The summed E-state index contributed by atoms with van der Waals surface area (Å²) < 4.78 is 15.8. The minimum Gasteiger partial charge on any atom is -0.494 e. The maximum atomic E-state index is 12.7. The molecule has 1 aromatic carbocycles. The largest absolute Gasteiger partial charge is 0.494 e. The molecule has 3 rings (SSSR count). The van der Waals surface area contributed by atoms with Crippen LogP contribution in [0.1, 0.15) is 23.0 Å². The monoisotopic (exact) mass is 370 g/mol. The molecule has 0 radical (unpaired) electrons. The molecule has 0 bridgehead atoms. The van der Waals surface area contributed by atoms with E-state index in [0.717, 1.165) is 11.1 Å². The van der Waals surface area contributed by atoms with Gasteiger partial charge in [0.15, 0.2) is 5.76 Å². The van der Waals surface area contributed by atoms with Crippen LogP contribution in [0.4, 0.5) is 0 Å². The summed E-state index contributed by atoms with van der Waals surface area (Å²) >= 11 is 0. The molecule has 2 aromatic heterocycles. The van der Waals surface area contributed by atoms with E-state index in [1.807, 2.05) is 25.1 Å². The summed E-state index contributed by atoms with van der Waals surface area (Å²) in [7, 11) is 1.56. The van der Waals surface area contributed by atoms with E-state index in [0.29, 0.717) is 30.8 Å². The molecule has 7 nitrogen and oxygen atoms in total. The van der Waals surface area contributed by atoms with Gasteiger partial charge in [-0.25, -0.2) is 0 Å². The van der Waals surface area contributed by atoms with Crippen molar-refractivity contribution in [3.8, 4) is 5.75 Å². The lowest BCUT2D eigenvalue weighted by Crippen LogP contribution is -2.35. The van der Waals surface area contributed by atoms with Crippen molar-refractivity contribution in [3.05, 3.63) is 64.3 Å². The van der Waals surface area contributed by atoms with Crippen molar-refractivity contribution in [2.45, 2.75) is 13.5 Å². The van der Waals surface area contributed by atoms with E-state index in [-0.39, 0.29) is 23.8 Å². The Hall–Kier alpha value is -3.06. The van der Waals surface area contributed by atoms with E-state index < -0.39 is 0 Å². The van der Waals surface area contributed by atoms with Gasteiger partial charge in [-0.2, -0.15) is 0 Å². The van der Waals surface area contributed by atoms with Gasteiger partial charge >= 0.3 is 0 Å². The van der Waals surface area contributed by atoms with Crippen LogP contribution in [-0.4, -0.2) is 42.7 Å². The average molecular weight is 370 g/mol. The molecule has 0 saturated heterocycles. The fourth-order valence-electron chi connectivity index (χ4n) is 2.82. The maximum absolute atomic E-state index is 12.7. The van der Waals surface area contributed by atoms with E-state index in [4.69, 9.17) is 13.9 Å². The van der Waals surface area contributed by atoms with Crippen molar-refractivity contribution in [3.63, 3.8) is 0 Å². The van der Waals surface area contributed by atoms with Crippen molar-refractivity contribution >= 4 is 16.8 Å². The maximum Gasteiger partial charge on any atom is 0.289 e. The van der Waals surface area contributed by atoms with Crippen molar-refractivity contribution in [2.24, 2.45) is 0 Å². The number of benzene rings is 1. The number of rotatable bonds is 8. The third-order valence-corrected chi connectivity index (χ3v) is 4.15. The quantitative estimate of drug-likeness (QED) is 0.659. The number of ether oxygens (including phenoxy) is 2. The summed E-state index contributed by atoms with van der Waals surface area (Å²) in [6, 6.07) is 10.5. The number of H-pyrrole nitrogens is 1. The zero-order valence-electron chi connectivity index (χ0n) is 15.4. The molecule has 0 unspecified atom stereocenters. The van der Waals surface area contributed by atoms with E-state index in [9.17, 15) is 9.59 Å². The molecule has 3 aromatic rings. The SMILES string of the molecule is CCOc1ccc2[nH]c(=O)c(CN(CCOC)C(=O)c3ccco3)cc2c1. The lowest BCUT2D eigenvalue weighted by Gasteiger charge is -2.21. The lowest BCUT2D eigenvalue weighted by atomic mass is 10.1. The molecule has 1 N–H and O–H groups in total. The first-order valence-corrected chi connectivity index (χ1v) is 8.73. The normalized spacial score (nSPS) is 10.9. The lowest BCUT2D eigenvalue weighted by molar-refractivity contribution is 0.0648. The highest BCUT2D eigenvalue weighted by Gasteiger charge is 2.20. The molecule has 0 atom stereocenters. The van der Waals surface area contributed by atoms with Crippen LogP contribution in [0.5, 0.6) is 5.75 Å². The Labute approximate surface area is 156 Å². The summed E-state index contributed by atoms with van der Waals surface area (Å²) in [6.07, 6.45) is 1.44. The van der Waals surface area contributed by atoms with E-state index in [2.05, 4.69) is 4.98 Å². The van der Waals surface area contributed by atoms with Gasteiger partial charge in [0.2, 0.25) is 0 Å². The number of furan rings is 1. The summed E-state index contributed by atoms with van der Waals surface area (Å²) in [4.78, 5) is 29.5. The van der Waals surface area contributed by atoms with Gasteiger partial charge in [-0.15, -0.1) is 0 Å². The molecule has 2 heterocycles. The summed E-state index contributed by atoms with van der Waals surface area (Å²) in [5.74, 6) is 0.660. The molecular weight excluding hydrogens is 348 g/mol. The standard InChI is InChI=1S/C20H22N2O5/c1-3-26-16-6-7-17-14(12-16)11-15(19(23)21-17)13-22(8-10-25-2)20(24)18-5-4-9-27-18/h4-7,9,11-12H,3,8,10,13H2,1-2H3,(H,21,23). The second-order valence-electron chi connectivity index (χ2n) is 6.00. The number of amides is 1. The Morgan fingerprint density at radius 1 is 1.26 bits per heavy atom. The van der Waals surface area contributed by atoms with Crippen LogP contribution in [0.25, 0.3) is 10.9 Å². The van der Waals surface area contributed by atoms with Crippen LogP contribution in [0.15, 0.2) is 51.9 Å². The molecule has 0 saturated carbocycles. The zero-order valence-corrected chi connectivity index (χ0v) is 15.4. The second kappa shape index (κ2) is 8.55. The fraction of sp³-hybridized carbons (Fsp3) is 0.300. The van der Waals surface area contributed by atoms with Crippen LogP contribution in [0, 0.1) is 0 Å². The van der Waals surface area contributed by atoms with Gasteiger partial charge in [-0.3, -0.25) is 9.59 Å². The number of carbonyl (C=O) groups is 1. The Morgan fingerprint density at radius 2 is 2.11 bits per heavy atom. The molecule has 142 valence electrons. The Bertz CT molecular complexity index is 962. The fourth-order valence-corrected chi connectivity index (χ4v) is 2.82. The van der Waals surface area contributed by atoms with Crippen LogP contribution < -0.4 is 10.3 Å². The summed E-state index contributed by atoms with van der Waals surface area (Å²) in [5, 5.41) is 0.840. The molecule has 0 spiro atoms. The number of methoxy groups -OCH3 is 1. The smallest absolute Gasteiger partial charge is 0.289 e. The van der Waals surface area contributed by atoms with E-state index >= 15 is 0 Å². The van der Waals surface area contributed by atoms with Crippen LogP contribution in [0.3, 0.4) is 0 Å². The van der Waals surface area contributed by atoms with Crippen molar-refractivity contribution in [2.75, 3.05) is 26.9 Å². The first-order chi connectivity index (χ1) is 13.1. The number of aromatic amines is 1. The van der Waals surface area contributed by atoms with Gasteiger partial charge in [-0.1, -0.05) is 0 Å². The van der Waals surface area contributed by atoms with Gasteiger partial charge < -0.3 is 23.8 Å². The Morgan fingerprint density at radius 3 is 2.81 bits per heavy atom. The number of fused-ring (bicyclic) bond motifs is 1. The molecule has 0 aliphatic carbocycles. The van der Waals surface area contributed by atoms with Crippen LogP contribution in [-0.2, 0) is 11.3 Å². The number of aromatic nitrogens is 1. The molecule has 0 fully saturated rings. The Balaban J connectivity index is 1.92.